The maximum Gasteiger partial charge on any atom is 0.0931 e. The van der Waals surface area contributed by atoms with Crippen molar-refractivity contribution >= 4 is 22.9 Å². The molecule has 14 heavy (non-hydrogen) atoms. The van der Waals surface area contributed by atoms with Crippen LogP contribution >= 0.6 is 22.9 Å². The number of halogens is 1. The predicted molar refractivity (Wildman–Crippen MR) is 63.3 cm³/mol. The maximum atomic E-state index is 5.93. The Labute approximate surface area is 94.5 Å². The Morgan fingerprint density at radius 1 is 1.57 bits per heavy atom. The molecule has 1 fully saturated rings. The second-order valence-electron chi connectivity index (χ2n) is 4.05. The number of thiophene rings is 1. The van der Waals surface area contributed by atoms with E-state index in [2.05, 4.69) is 18.3 Å². The van der Waals surface area contributed by atoms with Crippen molar-refractivity contribution in [1.82, 2.24) is 5.32 Å². The van der Waals surface area contributed by atoms with Gasteiger partial charge in [-0.3, -0.25) is 0 Å². The van der Waals surface area contributed by atoms with Gasteiger partial charge in [0.05, 0.1) is 4.34 Å². The minimum absolute atomic E-state index is 0.355. The van der Waals surface area contributed by atoms with Crippen molar-refractivity contribution < 1.29 is 0 Å². The van der Waals surface area contributed by atoms with E-state index in [1.165, 1.54) is 30.7 Å². The van der Waals surface area contributed by atoms with Gasteiger partial charge in [0.1, 0.15) is 0 Å². The van der Waals surface area contributed by atoms with Crippen molar-refractivity contribution in [2.75, 3.05) is 6.54 Å². The van der Waals surface area contributed by atoms with Gasteiger partial charge in [-0.15, -0.1) is 11.3 Å². The summed E-state index contributed by atoms with van der Waals surface area (Å²) in [5, 5.41) is 3.64. The van der Waals surface area contributed by atoms with E-state index in [1.54, 1.807) is 11.3 Å². The second-order valence-corrected chi connectivity index (χ2v) is 5.85. The standard InChI is InChI=1S/C11H16ClNS/c1-2-11(6-3-7-13-11)8-9-4-5-10(12)14-9/h4-5,13H,2-3,6-8H2,1H3. The quantitative estimate of drug-likeness (QED) is 0.837. The first kappa shape index (κ1) is 10.5. The summed E-state index contributed by atoms with van der Waals surface area (Å²) in [5.41, 5.74) is 0.355. The van der Waals surface area contributed by atoms with Gasteiger partial charge in [-0.05, 0) is 44.4 Å². The monoisotopic (exact) mass is 229 g/mol. The van der Waals surface area contributed by atoms with Crippen molar-refractivity contribution in [3.8, 4) is 0 Å². The minimum atomic E-state index is 0.355. The lowest BCUT2D eigenvalue weighted by Gasteiger charge is -2.27. The molecular weight excluding hydrogens is 214 g/mol. The molecule has 1 aliphatic rings. The van der Waals surface area contributed by atoms with Crippen molar-refractivity contribution in [2.24, 2.45) is 0 Å². The molecule has 78 valence electrons. The van der Waals surface area contributed by atoms with E-state index in [0.29, 0.717) is 5.54 Å². The fourth-order valence-electron chi connectivity index (χ4n) is 2.23. The van der Waals surface area contributed by atoms with E-state index >= 15 is 0 Å². The third-order valence-corrected chi connectivity index (χ3v) is 4.38. The molecule has 1 aromatic heterocycles. The largest absolute Gasteiger partial charge is 0.311 e. The SMILES string of the molecule is CCC1(Cc2ccc(Cl)s2)CCCN1. The van der Waals surface area contributed by atoms with Gasteiger partial charge in [-0.25, -0.2) is 0 Å². The molecule has 2 heterocycles. The van der Waals surface area contributed by atoms with Crippen molar-refractivity contribution in [3.63, 3.8) is 0 Å². The molecule has 2 rings (SSSR count). The summed E-state index contributed by atoms with van der Waals surface area (Å²) >= 11 is 7.65. The fraction of sp³-hybridized carbons (Fsp3) is 0.636. The van der Waals surface area contributed by atoms with Crippen LogP contribution in [-0.4, -0.2) is 12.1 Å². The Bertz CT molecular complexity index is 302. The molecular formula is C11H16ClNS. The molecule has 3 heteroatoms. The Hall–Kier alpha value is -0.0500. The minimum Gasteiger partial charge on any atom is -0.311 e. The van der Waals surface area contributed by atoms with Crippen LogP contribution in [-0.2, 0) is 6.42 Å². The zero-order valence-corrected chi connectivity index (χ0v) is 10.0. The summed E-state index contributed by atoms with van der Waals surface area (Å²) in [5.74, 6) is 0. The van der Waals surface area contributed by atoms with Crippen molar-refractivity contribution in [2.45, 2.75) is 38.1 Å². The molecule has 1 atom stereocenters. The Morgan fingerprint density at radius 2 is 2.43 bits per heavy atom. The van der Waals surface area contributed by atoms with E-state index < -0.39 is 0 Å². The number of nitrogens with one attached hydrogen (secondary N) is 1. The molecule has 0 aliphatic carbocycles. The molecule has 1 N–H and O–H groups in total. The lowest BCUT2D eigenvalue weighted by molar-refractivity contribution is 0.362. The van der Waals surface area contributed by atoms with E-state index in [0.717, 1.165) is 10.8 Å². The van der Waals surface area contributed by atoms with E-state index in [4.69, 9.17) is 11.6 Å². The molecule has 0 aromatic carbocycles. The number of rotatable bonds is 3. The smallest absolute Gasteiger partial charge is 0.0931 e. The van der Waals surface area contributed by atoms with E-state index in [-0.39, 0.29) is 0 Å². The van der Waals surface area contributed by atoms with Gasteiger partial charge in [0.25, 0.3) is 0 Å². The van der Waals surface area contributed by atoms with Crippen LogP contribution < -0.4 is 5.32 Å². The highest BCUT2D eigenvalue weighted by Gasteiger charge is 2.31. The Kier molecular flexibility index (Phi) is 3.15. The Balaban J connectivity index is 2.08. The first-order valence-corrected chi connectivity index (χ1v) is 6.43. The maximum absolute atomic E-state index is 5.93. The van der Waals surface area contributed by atoms with Crippen LogP contribution in [0.4, 0.5) is 0 Å². The molecule has 1 unspecified atom stereocenters. The van der Waals surface area contributed by atoms with Crippen molar-refractivity contribution in [1.29, 1.82) is 0 Å². The molecule has 0 bridgehead atoms. The average molecular weight is 230 g/mol. The average Bonchev–Trinajstić information content (AvgIpc) is 2.77. The highest BCUT2D eigenvalue weighted by molar-refractivity contribution is 7.16. The van der Waals surface area contributed by atoms with Crippen LogP contribution in [0, 0.1) is 0 Å². The summed E-state index contributed by atoms with van der Waals surface area (Å²) in [6, 6.07) is 4.16. The van der Waals surface area contributed by atoms with Crippen LogP contribution in [0.15, 0.2) is 12.1 Å². The third-order valence-electron chi connectivity index (χ3n) is 3.15. The lowest BCUT2D eigenvalue weighted by atomic mass is 9.90. The molecule has 1 aliphatic heterocycles. The van der Waals surface area contributed by atoms with E-state index in [1.807, 2.05) is 6.07 Å². The van der Waals surface area contributed by atoms with Crippen LogP contribution in [0.1, 0.15) is 31.1 Å². The summed E-state index contributed by atoms with van der Waals surface area (Å²) in [4.78, 5) is 1.41. The molecule has 0 radical (unpaired) electrons. The van der Waals surface area contributed by atoms with Gasteiger partial charge in [0.2, 0.25) is 0 Å². The topological polar surface area (TPSA) is 12.0 Å². The molecule has 0 amide bonds. The molecule has 0 spiro atoms. The lowest BCUT2D eigenvalue weighted by Crippen LogP contribution is -2.40. The summed E-state index contributed by atoms with van der Waals surface area (Å²) in [7, 11) is 0. The van der Waals surface area contributed by atoms with E-state index in [9.17, 15) is 0 Å². The third kappa shape index (κ3) is 2.13. The molecule has 1 nitrogen and oxygen atoms in total. The van der Waals surface area contributed by atoms with Gasteiger partial charge in [0.15, 0.2) is 0 Å². The summed E-state index contributed by atoms with van der Waals surface area (Å²) in [6.45, 7) is 3.44. The normalized spacial score (nSPS) is 27.0. The molecule has 0 saturated carbocycles. The Morgan fingerprint density at radius 3 is 2.93 bits per heavy atom. The van der Waals surface area contributed by atoms with Crippen LogP contribution in [0.25, 0.3) is 0 Å². The number of hydrogen-bond donors (Lipinski definition) is 1. The van der Waals surface area contributed by atoms with Gasteiger partial charge >= 0.3 is 0 Å². The van der Waals surface area contributed by atoms with Crippen LogP contribution in [0.5, 0.6) is 0 Å². The second kappa shape index (κ2) is 4.21. The van der Waals surface area contributed by atoms with Gasteiger partial charge in [0, 0.05) is 10.4 Å². The first-order chi connectivity index (χ1) is 6.74. The highest BCUT2D eigenvalue weighted by Crippen LogP contribution is 2.31. The summed E-state index contributed by atoms with van der Waals surface area (Å²) in [6.07, 6.45) is 4.97. The number of hydrogen-bond acceptors (Lipinski definition) is 2. The molecule has 1 saturated heterocycles. The highest BCUT2D eigenvalue weighted by atomic mass is 35.5. The molecule has 1 aromatic rings. The van der Waals surface area contributed by atoms with Gasteiger partial charge in [-0.1, -0.05) is 18.5 Å². The van der Waals surface area contributed by atoms with Crippen molar-refractivity contribution in [3.05, 3.63) is 21.3 Å². The zero-order valence-electron chi connectivity index (χ0n) is 8.48. The summed E-state index contributed by atoms with van der Waals surface area (Å²) < 4.78 is 0.907. The zero-order chi connectivity index (χ0) is 10.0. The van der Waals surface area contributed by atoms with Crippen LogP contribution in [0.3, 0.4) is 0 Å². The van der Waals surface area contributed by atoms with Crippen LogP contribution in [0.2, 0.25) is 4.34 Å². The van der Waals surface area contributed by atoms with Gasteiger partial charge in [-0.2, -0.15) is 0 Å². The first-order valence-electron chi connectivity index (χ1n) is 5.23. The van der Waals surface area contributed by atoms with Gasteiger partial charge < -0.3 is 5.32 Å². The fourth-order valence-corrected chi connectivity index (χ4v) is 3.46. The predicted octanol–water partition coefficient (Wildman–Crippen LogP) is 3.48.